The predicted molar refractivity (Wildman–Crippen MR) is 78.7 cm³/mol. The Hall–Kier alpha value is -1.43. The number of unbranched alkanes of at least 4 members (excludes halogenated alkanes) is 1. The maximum atomic E-state index is 11.9. The molecule has 0 saturated heterocycles. The van der Waals surface area contributed by atoms with Gasteiger partial charge in [0, 0.05) is 18.2 Å². The zero-order valence-electron chi connectivity index (χ0n) is 12.2. The van der Waals surface area contributed by atoms with Crippen LogP contribution in [0.3, 0.4) is 0 Å². The molecule has 0 aliphatic heterocycles. The van der Waals surface area contributed by atoms with E-state index < -0.39 is 0 Å². The second-order valence-electron chi connectivity index (χ2n) is 5.11. The summed E-state index contributed by atoms with van der Waals surface area (Å²) in [5.74, 6) is -0.0453. The number of nitrogens with one attached hydrogen (secondary N) is 1. The molecule has 0 radical (unpaired) electrons. The van der Waals surface area contributed by atoms with Crippen LogP contribution in [-0.2, 0) is 4.89 Å². The van der Waals surface area contributed by atoms with Crippen LogP contribution in [0.5, 0.6) is 0 Å². The molecule has 0 aliphatic carbocycles. The molecule has 1 unspecified atom stereocenters. The summed E-state index contributed by atoms with van der Waals surface area (Å²) >= 11 is 0. The van der Waals surface area contributed by atoms with Crippen LogP contribution in [0.15, 0.2) is 18.2 Å². The second-order valence-corrected chi connectivity index (χ2v) is 5.11. The van der Waals surface area contributed by atoms with E-state index in [-0.39, 0.29) is 18.6 Å². The molecule has 0 saturated carbocycles. The Bertz CT molecular complexity index is 435. The van der Waals surface area contributed by atoms with Crippen LogP contribution in [0.25, 0.3) is 0 Å². The lowest BCUT2D eigenvalue weighted by Gasteiger charge is -2.10. The molecule has 112 valence electrons. The zero-order chi connectivity index (χ0) is 15.0. The minimum absolute atomic E-state index is 0.0453. The molecule has 0 heterocycles. The van der Waals surface area contributed by atoms with E-state index in [2.05, 4.69) is 10.2 Å². The van der Waals surface area contributed by atoms with Crippen molar-refractivity contribution in [2.75, 3.05) is 13.2 Å². The van der Waals surface area contributed by atoms with Crippen molar-refractivity contribution in [2.45, 2.75) is 39.2 Å². The molecule has 1 aromatic carbocycles. The lowest BCUT2D eigenvalue weighted by atomic mass is 10.1. The lowest BCUT2D eigenvalue weighted by molar-refractivity contribution is -0.245. The first-order chi connectivity index (χ1) is 9.54. The van der Waals surface area contributed by atoms with Gasteiger partial charge in [-0.25, -0.2) is 4.89 Å². The van der Waals surface area contributed by atoms with E-state index in [1.165, 1.54) is 5.56 Å². The van der Waals surface area contributed by atoms with Gasteiger partial charge < -0.3 is 11.1 Å². The molecule has 1 aromatic rings. The molecule has 0 fully saturated rings. The van der Waals surface area contributed by atoms with E-state index >= 15 is 0 Å². The van der Waals surface area contributed by atoms with Gasteiger partial charge in [-0.2, -0.15) is 0 Å². The molecule has 5 heteroatoms. The Morgan fingerprint density at radius 2 is 2.10 bits per heavy atom. The smallest absolute Gasteiger partial charge is 0.251 e. The molecule has 1 atom stereocenters. The van der Waals surface area contributed by atoms with E-state index in [1.54, 1.807) is 0 Å². The monoisotopic (exact) mass is 280 g/mol. The molecule has 0 spiro atoms. The van der Waals surface area contributed by atoms with Gasteiger partial charge in [-0.3, -0.25) is 10.1 Å². The van der Waals surface area contributed by atoms with Gasteiger partial charge in [0.2, 0.25) is 0 Å². The Morgan fingerprint density at radius 3 is 2.75 bits per heavy atom. The first kappa shape index (κ1) is 16.6. The Morgan fingerprint density at radius 1 is 1.35 bits per heavy atom. The van der Waals surface area contributed by atoms with Crippen molar-refractivity contribution in [2.24, 2.45) is 5.73 Å². The molecule has 0 bridgehead atoms. The molecule has 20 heavy (non-hydrogen) atoms. The van der Waals surface area contributed by atoms with Crippen molar-refractivity contribution >= 4 is 5.91 Å². The van der Waals surface area contributed by atoms with Crippen molar-refractivity contribution in [1.29, 1.82) is 0 Å². The highest BCUT2D eigenvalue weighted by Gasteiger charge is 2.06. The molecule has 0 aliphatic rings. The molecular formula is C15H24N2O3. The Kier molecular flexibility index (Phi) is 7.22. The van der Waals surface area contributed by atoms with Gasteiger partial charge >= 0.3 is 0 Å². The molecule has 5 nitrogen and oxygen atoms in total. The number of carbonyl (C=O) groups is 1. The van der Waals surface area contributed by atoms with Gasteiger partial charge in [0.25, 0.3) is 5.91 Å². The van der Waals surface area contributed by atoms with Crippen molar-refractivity contribution in [3.05, 3.63) is 34.9 Å². The van der Waals surface area contributed by atoms with Crippen LogP contribution in [0.1, 0.15) is 40.7 Å². The average molecular weight is 280 g/mol. The summed E-state index contributed by atoms with van der Waals surface area (Å²) in [5, 5.41) is 11.1. The van der Waals surface area contributed by atoms with Crippen LogP contribution in [0.4, 0.5) is 0 Å². The number of carbonyl (C=O) groups excluding carboxylic acids is 1. The van der Waals surface area contributed by atoms with Crippen LogP contribution >= 0.6 is 0 Å². The fraction of sp³-hybridized carbons (Fsp3) is 0.533. The quantitative estimate of drug-likeness (QED) is 0.386. The van der Waals surface area contributed by atoms with Gasteiger partial charge in [-0.1, -0.05) is 12.5 Å². The van der Waals surface area contributed by atoms with Gasteiger partial charge in [0.1, 0.15) is 0 Å². The average Bonchev–Trinajstić information content (AvgIpc) is 2.41. The zero-order valence-corrected chi connectivity index (χ0v) is 12.2. The summed E-state index contributed by atoms with van der Waals surface area (Å²) in [6.07, 6.45) is 2.51. The summed E-state index contributed by atoms with van der Waals surface area (Å²) in [7, 11) is 0. The number of amides is 1. The lowest BCUT2D eigenvalue weighted by Crippen LogP contribution is -2.27. The summed E-state index contributed by atoms with van der Waals surface area (Å²) in [6.45, 7) is 4.79. The third-order valence-electron chi connectivity index (χ3n) is 3.34. The van der Waals surface area contributed by atoms with Crippen molar-refractivity contribution < 1.29 is 14.9 Å². The summed E-state index contributed by atoms with van der Waals surface area (Å²) in [6, 6.07) is 5.54. The third-order valence-corrected chi connectivity index (χ3v) is 3.34. The molecule has 0 aromatic heterocycles. The van der Waals surface area contributed by atoms with E-state index in [1.807, 2.05) is 32.0 Å². The molecule has 1 rings (SSSR count). The predicted octanol–water partition coefficient (Wildman–Crippen LogP) is 2.02. The summed E-state index contributed by atoms with van der Waals surface area (Å²) in [4.78, 5) is 15.9. The van der Waals surface area contributed by atoms with Gasteiger partial charge in [0.15, 0.2) is 0 Å². The van der Waals surface area contributed by atoms with E-state index in [4.69, 9.17) is 11.0 Å². The third kappa shape index (κ3) is 5.69. The van der Waals surface area contributed by atoms with Crippen LogP contribution < -0.4 is 11.1 Å². The van der Waals surface area contributed by atoms with E-state index in [0.29, 0.717) is 12.1 Å². The van der Waals surface area contributed by atoms with Crippen LogP contribution in [-0.4, -0.2) is 30.4 Å². The highest BCUT2D eigenvalue weighted by atomic mass is 17.1. The van der Waals surface area contributed by atoms with Crippen molar-refractivity contribution in [1.82, 2.24) is 5.32 Å². The van der Waals surface area contributed by atoms with Gasteiger partial charge in [-0.15, -0.1) is 0 Å². The van der Waals surface area contributed by atoms with E-state index in [9.17, 15) is 4.79 Å². The minimum atomic E-state index is -0.157. The van der Waals surface area contributed by atoms with Crippen molar-refractivity contribution in [3.63, 3.8) is 0 Å². The standard InChI is InChI=1S/C15H24N2O3/c1-11-6-7-13(9-12(11)2)15(18)17-8-4-3-5-14(16)10-20-19/h6-7,9,14,19H,3-5,8,10,16H2,1-2H3,(H,17,18). The summed E-state index contributed by atoms with van der Waals surface area (Å²) in [5.41, 5.74) is 8.67. The molecular weight excluding hydrogens is 256 g/mol. The summed E-state index contributed by atoms with van der Waals surface area (Å²) < 4.78 is 0. The topological polar surface area (TPSA) is 84.6 Å². The van der Waals surface area contributed by atoms with E-state index in [0.717, 1.165) is 24.8 Å². The van der Waals surface area contributed by atoms with Crippen LogP contribution in [0, 0.1) is 13.8 Å². The molecule has 1 amide bonds. The molecule has 4 N–H and O–H groups in total. The normalized spacial score (nSPS) is 12.2. The fourth-order valence-electron chi connectivity index (χ4n) is 1.90. The number of nitrogens with two attached hydrogens (primary N) is 1. The maximum absolute atomic E-state index is 11.9. The minimum Gasteiger partial charge on any atom is -0.352 e. The highest BCUT2D eigenvalue weighted by molar-refractivity contribution is 5.94. The first-order valence-corrected chi connectivity index (χ1v) is 6.92. The number of benzene rings is 1. The Labute approximate surface area is 120 Å². The number of hydrogen-bond acceptors (Lipinski definition) is 4. The maximum Gasteiger partial charge on any atom is 0.251 e. The SMILES string of the molecule is Cc1ccc(C(=O)NCCCCC(N)COO)cc1C. The van der Waals surface area contributed by atoms with Crippen molar-refractivity contribution in [3.8, 4) is 0 Å². The number of hydrogen-bond donors (Lipinski definition) is 3. The number of rotatable bonds is 8. The van der Waals surface area contributed by atoms with Gasteiger partial charge in [-0.05, 0) is 49.9 Å². The first-order valence-electron chi connectivity index (χ1n) is 6.92. The Balaban J connectivity index is 2.25. The fourth-order valence-corrected chi connectivity index (χ4v) is 1.90. The number of aryl methyl sites for hydroxylation is 2. The van der Waals surface area contributed by atoms with Crippen LogP contribution in [0.2, 0.25) is 0 Å². The largest absolute Gasteiger partial charge is 0.352 e. The van der Waals surface area contributed by atoms with Gasteiger partial charge in [0.05, 0.1) is 6.61 Å². The highest BCUT2D eigenvalue weighted by Crippen LogP contribution is 2.09. The second kappa shape index (κ2) is 8.68.